The predicted octanol–water partition coefficient (Wildman–Crippen LogP) is 3.68. The molecular formula is C20H29NO3. The fourth-order valence-corrected chi connectivity index (χ4v) is 4.44. The van der Waals surface area contributed by atoms with Gasteiger partial charge in [-0.1, -0.05) is 39.8 Å². The number of ether oxygens (including phenoxy) is 1. The third kappa shape index (κ3) is 3.19. The van der Waals surface area contributed by atoms with Gasteiger partial charge in [0.25, 0.3) is 0 Å². The summed E-state index contributed by atoms with van der Waals surface area (Å²) in [7, 11) is 1.36. The van der Waals surface area contributed by atoms with Crippen LogP contribution in [-0.2, 0) is 14.9 Å². The molecule has 1 amide bonds. The van der Waals surface area contributed by atoms with Gasteiger partial charge in [-0.05, 0) is 54.2 Å². The third-order valence-electron chi connectivity index (χ3n) is 5.57. The van der Waals surface area contributed by atoms with Crippen LogP contribution in [0.3, 0.4) is 0 Å². The number of amides is 1. The number of esters is 1. The van der Waals surface area contributed by atoms with Crippen molar-refractivity contribution in [2.45, 2.75) is 52.4 Å². The van der Waals surface area contributed by atoms with Gasteiger partial charge in [0, 0.05) is 0 Å². The van der Waals surface area contributed by atoms with Crippen molar-refractivity contribution in [2.75, 3.05) is 7.11 Å². The highest BCUT2D eigenvalue weighted by molar-refractivity contribution is 5.92. The highest BCUT2D eigenvalue weighted by Crippen LogP contribution is 2.53. The van der Waals surface area contributed by atoms with Gasteiger partial charge in [0.2, 0.25) is 5.91 Å². The van der Waals surface area contributed by atoms with Crippen LogP contribution in [0, 0.1) is 17.3 Å². The molecule has 0 heterocycles. The zero-order valence-electron chi connectivity index (χ0n) is 15.4. The zero-order chi connectivity index (χ0) is 18.1. The lowest BCUT2D eigenvalue weighted by Gasteiger charge is -2.50. The number of rotatable bonds is 4. The Morgan fingerprint density at radius 1 is 1.29 bits per heavy atom. The number of carbonyl (C=O) groups excluding carboxylic acids is 2. The lowest BCUT2D eigenvalue weighted by molar-refractivity contribution is -0.130. The summed E-state index contributed by atoms with van der Waals surface area (Å²) in [5, 5.41) is 0. The van der Waals surface area contributed by atoms with Gasteiger partial charge in [-0.2, -0.15) is 0 Å². The van der Waals surface area contributed by atoms with Crippen molar-refractivity contribution in [3.63, 3.8) is 0 Å². The van der Waals surface area contributed by atoms with Gasteiger partial charge in [0.15, 0.2) is 0 Å². The first-order valence-corrected chi connectivity index (χ1v) is 8.63. The Balaban J connectivity index is 2.64. The summed E-state index contributed by atoms with van der Waals surface area (Å²) in [6, 6.07) is 7.23. The Morgan fingerprint density at radius 2 is 1.96 bits per heavy atom. The molecule has 0 radical (unpaired) electrons. The van der Waals surface area contributed by atoms with Gasteiger partial charge in [-0.25, -0.2) is 4.79 Å². The molecule has 2 atom stereocenters. The largest absolute Gasteiger partial charge is 0.465 e. The standard InChI is InChI=1S/C20H29NO3/c1-13(2)16-9-10-19(3,4)12-20(16,18(21)23)15-8-6-7-14(11-15)17(22)24-5/h6-8,11,13,16H,9-10,12H2,1-5H3,(H2,21,23). The van der Waals surface area contributed by atoms with Crippen molar-refractivity contribution in [1.82, 2.24) is 0 Å². The number of methoxy groups -OCH3 is 1. The van der Waals surface area contributed by atoms with E-state index in [0.717, 1.165) is 18.4 Å². The maximum Gasteiger partial charge on any atom is 0.337 e. The maximum atomic E-state index is 12.7. The SMILES string of the molecule is COC(=O)c1cccc(C2(C(N)=O)CC(C)(C)CCC2C(C)C)c1. The smallest absolute Gasteiger partial charge is 0.337 e. The summed E-state index contributed by atoms with van der Waals surface area (Å²) < 4.78 is 4.83. The Labute approximate surface area is 144 Å². The molecule has 0 bridgehead atoms. The molecule has 1 aromatic rings. The van der Waals surface area contributed by atoms with Crippen LogP contribution < -0.4 is 5.73 Å². The molecular weight excluding hydrogens is 302 g/mol. The number of benzene rings is 1. The summed E-state index contributed by atoms with van der Waals surface area (Å²) in [5.41, 5.74) is 6.56. The lowest BCUT2D eigenvalue weighted by Crippen LogP contribution is -2.54. The Hall–Kier alpha value is -1.84. The molecule has 2 unspecified atom stereocenters. The number of hydrogen-bond acceptors (Lipinski definition) is 3. The number of carbonyl (C=O) groups is 2. The monoisotopic (exact) mass is 331 g/mol. The van der Waals surface area contributed by atoms with E-state index in [1.54, 1.807) is 12.1 Å². The summed E-state index contributed by atoms with van der Waals surface area (Å²) in [6.45, 7) is 8.66. The summed E-state index contributed by atoms with van der Waals surface area (Å²) in [6.07, 6.45) is 2.72. The topological polar surface area (TPSA) is 69.4 Å². The Kier molecular flexibility index (Phi) is 5.07. The minimum absolute atomic E-state index is 0.0295. The average Bonchev–Trinajstić information content (AvgIpc) is 2.52. The first-order valence-electron chi connectivity index (χ1n) is 8.63. The molecule has 1 aliphatic carbocycles. The molecule has 0 aliphatic heterocycles. The second-order valence-corrected chi connectivity index (χ2v) is 8.14. The maximum absolute atomic E-state index is 12.7. The van der Waals surface area contributed by atoms with Crippen molar-refractivity contribution in [1.29, 1.82) is 0 Å². The molecule has 4 nitrogen and oxygen atoms in total. The van der Waals surface area contributed by atoms with E-state index in [1.165, 1.54) is 7.11 Å². The first kappa shape index (κ1) is 18.5. The van der Waals surface area contributed by atoms with Crippen molar-refractivity contribution in [3.05, 3.63) is 35.4 Å². The van der Waals surface area contributed by atoms with E-state index in [0.29, 0.717) is 17.9 Å². The molecule has 132 valence electrons. The molecule has 0 aromatic heterocycles. The van der Waals surface area contributed by atoms with Gasteiger partial charge in [0.1, 0.15) is 0 Å². The van der Waals surface area contributed by atoms with Gasteiger partial charge >= 0.3 is 5.97 Å². The molecule has 1 saturated carbocycles. The molecule has 0 spiro atoms. The van der Waals surface area contributed by atoms with E-state index in [-0.39, 0.29) is 17.2 Å². The van der Waals surface area contributed by atoms with Gasteiger partial charge in [-0.15, -0.1) is 0 Å². The van der Waals surface area contributed by atoms with Crippen LogP contribution in [0.25, 0.3) is 0 Å². The summed E-state index contributed by atoms with van der Waals surface area (Å²) >= 11 is 0. The van der Waals surface area contributed by atoms with E-state index < -0.39 is 11.4 Å². The number of hydrogen-bond donors (Lipinski definition) is 1. The highest BCUT2D eigenvalue weighted by atomic mass is 16.5. The van der Waals surface area contributed by atoms with Crippen molar-refractivity contribution in [2.24, 2.45) is 23.0 Å². The predicted molar refractivity (Wildman–Crippen MR) is 94.6 cm³/mol. The first-order chi connectivity index (χ1) is 11.1. The van der Waals surface area contributed by atoms with Crippen molar-refractivity contribution in [3.8, 4) is 0 Å². The van der Waals surface area contributed by atoms with E-state index >= 15 is 0 Å². The average molecular weight is 331 g/mol. The molecule has 1 aromatic carbocycles. The van der Waals surface area contributed by atoms with E-state index in [9.17, 15) is 9.59 Å². The van der Waals surface area contributed by atoms with Crippen LogP contribution in [0.5, 0.6) is 0 Å². The van der Waals surface area contributed by atoms with Gasteiger partial charge in [-0.3, -0.25) is 4.79 Å². The summed E-state index contributed by atoms with van der Waals surface area (Å²) in [4.78, 5) is 24.7. The second-order valence-electron chi connectivity index (χ2n) is 8.14. The zero-order valence-corrected chi connectivity index (χ0v) is 15.4. The van der Waals surface area contributed by atoms with E-state index in [2.05, 4.69) is 27.7 Å². The molecule has 2 rings (SSSR count). The van der Waals surface area contributed by atoms with Crippen molar-refractivity contribution < 1.29 is 14.3 Å². The van der Waals surface area contributed by atoms with Gasteiger partial charge < -0.3 is 10.5 Å². The molecule has 24 heavy (non-hydrogen) atoms. The quantitative estimate of drug-likeness (QED) is 0.856. The molecule has 1 aliphatic rings. The van der Waals surface area contributed by atoms with Crippen LogP contribution in [0.4, 0.5) is 0 Å². The van der Waals surface area contributed by atoms with E-state index in [1.807, 2.05) is 12.1 Å². The van der Waals surface area contributed by atoms with Crippen LogP contribution in [0.2, 0.25) is 0 Å². The molecule has 0 saturated heterocycles. The molecule has 1 fully saturated rings. The lowest BCUT2D eigenvalue weighted by atomic mass is 9.53. The van der Waals surface area contributed by atoms with E-state index in [4.69, 9.17) is 10.5 Å². The molecule has 4 heteroatoms. The van der Waals surface area contributed by atoms with Crippen LogP contribution >= 0.6 is 0 Å². The van der Waals surface area contributed by atoms with Crippen molar-refractivity contribution >= 4 is 11.9 Å². The number of primary amides is 1. The fraction of sp³-hybridized carbons (Fsp3) is 0.600. The second kappa shape index (κ2) is 6.58. The summed E-state index contributed by atoms with van der Waals surface area (Å²) in [5.74, 6) is -0.199. The van der Waals surface area contributed by atoms with Crippen LogP contribution in [0.1, 0.15) is 62.9 Å². The highest BCUT2D eigenvalue weighted by Gasteiger charge is 2.52. The number of nitrogens with two attached hydrogens (primary N) is 1. The third-order valence-corrected chi connectivity index (χ3v) is 5.57. The fourth-order valence-electron chi connectivity index (χ4n) is 4.44. The van der Waals surface area contributed by atoms with Crippen LogP contribution in [-0.4, -0.2) is 19.0 Å². The van der Waals surface area contributed by atoms with Crippen LogP contribution in [0.15, 0.2) is 24.3 Å². The Bertz CT molecular complexity index is 636. The molecule has 2 N–H and O–H groups in total. The minimum Gasteiger partial charge on any atom is -0.465 e. The minimum atomic E-state index is -0.750. The Morgan fingerprint density at radius 3 is 2.50 bits per heavy atom. The van der Waals surface area contributed by atoms with Gasteiger partial charge in [0.05, 0.1) is 18.1 Å². The normalized spacial score (nSPS) is 26.2.